The Kier molecular flexibility index (Phi) is 4.13. The molecule has 1 spiro atoms. The largest absolute Gasteiger partial charge is 0.477 e. The zero-order valence-electron chi connectivity index (χ0n) is 14.3. The molecule has 0 aromatic carbocycles. The quantitative estimate of drug-likeness (QED) is 0.894. The van der Waals surface area contributed by atoms with Gasteiger partial charge in [0.1, 0.15) is 5.69 Å². The molecule has 1 amide bonds. The number of hydrogen-bond acceptors (Lipinski definition) is 5. The van der Waals surface area contributed by atoms with Gasteiger partial charge in [0.05, 0.1) is 17.9 Å². The first kappa shape index (κ1) is 16.0. The Hall–Kier alpha value is -2.47. The summed E-state index contributed by atoms with van der Waals surface area (Å²) >= 11 is 0. The number of aromatic nitrogens is 2. The molecule has 1 saturated heterocycles. The summed E-state index contributed by atoms with van der Waals surface area (Å²) in [6.07, 6.45) is 3.72. The van der Waals surface area contributed by atoms with Crippen LogP contribution in [0.15, 0.2) is 30.5 Å². The van der Waals surface area contributed by atoms with Crippen LogP contribution < -0.4 is 15.4 Å². The van der Waals surface area contributed by atoms with Gasteiger partial charge in [-0.2, -0.15) is 0 Å². The molecular formula is C19H22N4O2. The number of amides is 1. The Morgan fingerprint density at radius 3 is 2.88 bits per heavy atom. The van der Waals surface area contributed by atoms with Gasteiger partial charge in [-0.05, 0) is 56.6 Å². The predicted octanol–water partition coefficient (Wildman–Crippen LogP) is 1.91. The topological polar surface area (TPSA) is 76.1 Å². The molecule has 0 radical (unpaired) electrons. The van der Waals surface area contributed by atoms with E-state index in [2.05, 4.69) is 21.7 Å². The number of carbonyl (C=O) groups is 1. The zero-order valence-corrected chi connectivity index (χ0v) is 14.3. The summed E-state index contributed by atoms with van der Waals surface area (Å²) in [5.41, 5.74) is 3.14. The number of fused-ring (bicyclic) bond motifs is 2. The monoisotopic (exact) mass is 338 g/mol. The van der Waals surface area contributed by atoms with E-state index in [9.17, 15) is 4.79 Å². The van der Waals surface area contributed by atoms with Crippen LogP contribution in [0, 0.1) is 0 Å². The fourth-order valence-electron chi connectivity index (χ4n) is 3.83. The van der Waals surface area contributed by atoms with Gasteiger partial charge in [-0.25, -0.2) is 9.97 Å². The standard InChI is InChI=1S/C19H22N4O2/c1-2-25-18-13(4-3-9-21-18)15-6-5-14-16(23-15)17(24)22-12-19(14)7-10-20-11-8-19/h3-6,9,20H,2,7-8,10-12H2,1H3,(H,22,24). The van der Waals surface area contributed by atoms with Crippen LogP contribution in [-0.2, 0) is 5.41 Å². The molecule has 130 valence electrons. The van der Waals surface area contributed by atoms with E-state index in [0.717, 1.165) is 42.8 Å². The summed E-state index contributed by atoms with van der Waals surface area (Å²) in [6, 6.07) is 7.84. The fourth-order valence-corrected chi connectivity index (χ4v) is 3.83. The summed E-state index contributed by atoms with van der Waals surface area (Å²) in [5.74, 6) is 0.452. The normalized spacial score (nSPS) is 18.5. The van der Waals surface area contributed by atoms with Crippen molar-refractivity contribution in [3.05, 3.63) is 41.7 Å². The molecule has 0 atom stereocenters. The second-order valence-corrected chi connectivity index (χ2v) is 6.59. The molecule has 2 aliphatic heterocycles. The lowest BCUT2D eigenvalue weighted by Gasteiger charge is -2.41. The van der Waals surface area contributed by atoms with E-state index >= 15 is 0 Å². The minimum atomic E-state index is -0.0946. The Bertz CT molecular complexity index is 800. The van der Waals surface area contributed by atoms with Gasteiger partial charge < -0.3 is 15.4 Å². The van der Waals surface area contributed by atoms with Crippen LogP contribution in [-0.4, -0.2) is 42.1 Å². The minimum Gasteiger partial charge on any atom is -0.477 e. The first-order chi connectivity index (χ1) is 12.2. The lowest BCUT2D eigenvalue weighted by atomic mass is 9.70. The summed E-state index contributed by atoms with van der Waals surface area (Å²) in [5, 5.41) is 6.44. The van der Waals surface area contributed by atoms with Crippen LogP contribution in [0.5, 0.6) is 5.88 Å². The van der Waals surface area contributed by atoms with Crippen LogP contribution in [0.3, 0.4) is 0 Å². The molecule has 6 heteroatoms. The maximum Gasteiger partial charge on any atom is 0.270 e. The number of piperidine rings is 1. The number of carbonyl (C=O) groups excluding carboxylic acids is 1. The van der Waals surface area contributed by atoms with Crippen molar-refractivity contribution in [3.8, 4) is 17.1 Å². The lowest BCUT2D eigenvalue weighted by molar-refractivity contribution is 0.0908. The third-order valence-corrected chi connectivity index (χ3v) is 5.16. The highest BCUT2D eigenvalue weighted by molar-refractivity contribution is 5.96. The smallest absolute Gasteiger partial charge is 0.270 e. The van der Waals surface area contributed by atoms with Gasteiger partial charge in [-0.15, -0.1) is 0 Å². The third kappa shape index (κ3) is 2.76. The van der Waals surface area contributed by atoms with E-state index in [1.165, 1.54) is 0 Å². The van der Waals surface area contributed by atoms with Gasteiger partial charge in [-0.3, -0.25) is 4.79 Å². The van der Waals surface area contributed by atoms with E-state index in [-0.39, 0.29) is 11.3 Å². The van der Waals surface area contributed by atoms with Crippen LogP contribution in [0.4, 0.5) is 0 Å². The molecule has 2 aromatic heterocycles. The third-order valence-electron chi connectivity index (χ3n) is 5.16. The average molecular weight is 338 g/mol. The van der Waals surface area contributed by atoms with Crippen molar-refractivity contribution in [2.45, 2.75) is 25.2 Å². The second-order valence-electron chi connectivity index (χ2n) is 6.59. The lowest BCUT2D eigenvalue weighted by Crippen LogP contribution is -2.52. The number of nitrogens with zero attached hydrogens (tertiary/aromatic N) is 2. The highest BCUT2D eigenvalue weighted by Gasteiger charge is 2.41. The zero-order chi connectivity index (χ0) is 17.3. The average Bonchev–Trinajstić information content (AvgIpc) is 2.66. The molecule has 0 bridgehead atoms. The Labute approximate surface area is 147 Å². The minimum absolute atomic E-state index is 0.00227. The highest BCUT2D eigenvalue weighted by atomic mass is 16.5. The van der Waals surface area contributed by atoms with Crippen LogP contribution in [0.2, 0.25) is 0 Å². The van der Waals surface area contributed by atoms with Crippen molar-refractivity contribution in [1.82, 2.24) is 20.6 Å². The highest BCUT2D eigenvalue weighted by Crippen LogP contribution is 2.38. The molecule has 4 rings (SSSR count). The maximum atomic E-state index is 12.5. The second kappa shape index (κ2) is 6.44. The van der Waals surface area contributed by atoms with Gasteiger partial charge in [0.25, 0.3) is 5.91 Å². The molecule has 0 unspecified atom stereocenters. The molecule has 1 fully saturated rings. The molecule has 2 aromatic rings. The fraction of sp³-hybridized carbons (Fsp3) is 0.421. The Balaban J connectivity index is 1.79. The van der Waals surface area contributed by atoms with Crippen LogP contribution >= 0.6 is 0 Å². The Morgan fingerprint density at radius 1 is 1.24 bits per heavy atom. The van der Waals surface area contributed by atoms with Gasteiger partial charge in [0.15, 0.2) is 0 Å². The van der Waals surface area contributed by atoms with Gasteiger partial charge in [0.2, 0.25) is 5.88 Å². The van der Waals surface area contributed by atoms with Crippen molar-refractivity contribution in [3.63, 3.8) is 0 Å². The number of pyridine rings is 2. The summed E-state index contributed by atoms with van der Waals surface area (Å²) < 4.78 is 5.61. The predicted molar refractivity (Wildman–Crippen MR) is 94.8 cm³/mol. The van der Waals surface area contributed by atoms with Gasteiger partial charge >= 0.3 is 0 Å². The van der Waals surface area contributed by atoms with Crippen LogP contribution in [0.1, 0.15) is 35.8 Å². The SMILES string of the molecule is CCOc1ncccc1-c1ccc2c(n1)C(=O)NCC21CCNCC1. The van der Waals surface area contributed by atoms with E-state index in [1.54, 1.807) is 6.20 Å². The molecule has 0 saturated carbocycles. The number of hydrogen-bond donors (Lipinski definition) is 2. The van der Waals surface area contributed by atoms with E-state index in [4.69, 9.17) is 9.72 Å². The Morgan fingerprint density at radius 2 is 2.08 bits per heavy atom. The van der Waals surface area contributed by atoms with Crippen molar-refractivity contribution < 1.29 is 9.53 Å². The first-order valence-electron chi connectivity index (χ1n) is 8.82. The van der Waals surface area contributed by atoms with Crippen molar-refractivity contribution in [1.29, 1.82) is 0 Å². The maximum absolute atomic E-state index is 12.5. The molecule has 25 heavy (non-hydrogen) atoms. The van der Waals surface area contributed by atoms with Crippen molar-refractivity contribution in [2.24, 2.45) is 0 Å². The van der Waals surface area contributed by atoms with E-state index < -0.39 is 0 Å². The van der Waals surface area contributed by atoms with Crippen LogP contribution in [0.25, 0.3) is 11.3 Å². The van der Waals surface area contributed by atoms with Gasteiger partial charge in [0, 0.05) is 18.2 Å². The number of nitrogens with one attached hydrogen (secondary N) is 2. The number of ether oxygens (including phenoxy) is 1. The van der Waals surface area contributed by atoms with E-state index in [0.29, 0.717) is 24.7 Å². The molecule has 2 aliphatic rings. The molecule has 0 aliphatic carbocycles. The molecule has 4 heterocycles. The molecule has 6 nitrogen and oxygen atoms in total. The summed E-state index contributed by atoms with van der Waals surface area (Å²) in [7, 11) is 0. The van der Waals surface area contributed by atoms with Gasteiger partial charge in [-0.1, -0.05) is 6.07 Å². The van der Waals surface area contributed by atoms with E-state index in [1.807, 2.05) is 25.1 Å². The number of rotatable bonds is 3. The van der Waals surface area contributed by atoms with Crippen molar-refractivity contribution >= 4 is 5.91 Å². The molecular weight excluding hydrogens is 316 g/mol. The molecule has 2 N–H and O–H groups in total. The summed E-state index contributed by atoms with van der Waals surface area (Å²) in [6.45, 7) is 5.08. The van der Waals surface area contributed by atoms with Crippen molar-refractivity contribution in [2.75, 3.05) is 26.2 Å². The first-order valence-corrected chi connectivity index (χ1v) is 8.82. The summed E-state index contributed by atoms with van der Waals surface area (Å²) in [4.78, 5) is 21.5.